The van der Waals surface area contributed by atoms with Crippen molar-refractivity contribution in [1.82, 2.24) is 14.9 Å². The first-order chi connectivity index (χ1) is 17.2. The lowest BCUT2D eigenvalue weighted by molar-refractivity contribution is 0.0376. The van der Waals surface area contributed by atoms with Crippen molar-refractivity contribution in [2.75, 3.05) is 58.5 Å². The van der Waals surface area contributed by atoms with Gasteiger partial charge < -0.3 is 19.1 Å². The Morgan fingerprint density at radius 3 is 2.83 bits per heavy atom. The van der Waals surface area contributed by atoms with Crippen LogP contribution in [0.4, 0.5) is 5.82 Å². The quantitative estimate of drug-likeness (QED) is 0.430. The standard InChI is InChI=1S/C27H36N4O3S/c1-19-5-8-24-22(15-19)25-26(28-18-29-27(25)35-24)31(10-4-9-30-11-13-34-14-12-30)17-20-16-21(32-2)6-7-23(20)33-3/h6-7,16,18-19H,4-5,8-15,17H2,1-3H3. The molecule has 35 heavy (non-hydrogen) atoms. The van der Waals surface area contributed by atoms with E-state index in [9.17, 15) is 0 Å². The fourth-order valence-electron chi connectivity index (χ4n) is 5.29. The molecule has 1 aliphatic heterocycles. The number of ether oxygens (including phenoxy) is 3. The molecule has 0 bridgehead atoms. The summed E-state index contributed by atoms with van der Waals surface area (Å²) in [6.45, 7) is 8.71. The first kappa shape index (κ1) is 24.3. The number of anilines is 1. The van der Waals surface area contributed by atoms with Gasteiger partial charge in [-0.25, -0.2) is 9.97 Å². The zero-order valence-corrected chi connectivity index (χ0v) is 21.9. The predicted octanol–water partition coefficient (Wildman–Crippen LogP) is 4.56. The summed E-state index contributed by atoms with van der Waals surface area (Å²) in [5.74, 6) is 3.45. The van der Waals surface area contributed by atoms with E-state index in [1.807, 2.05) is 23.5 Å². The minimum Gasteiger partial charge on any atom is -0.497 e. The van der Waals surface area contributed by atoms with Crippen LogP contribution in [0.2, 0.25) is 0 Å². The number of hydrogen-bond donors (Lipinski definition) is 0. The normalized spacial score (nSPS) is 18.4. The number of methoxy groups -OCH3 is 2. The summed E-state index contributed by atoms with van der Waals surface area (Å²) in [6.07, 6.45) is 6.31. The number of nitrogens with zero attached hydrogens (tertiary/aromatic N) is 4. The number of benzene rings is 1. The number of rotatable bonds is 9. The maximum atomic E-state index is 5.72. The smallest absolute Gasteiger partial charge is 0.141 e. The number of hydrogen-bond acceptors (Lipinski definition) is 8. The van der Waals surface area contributed by atoms with Crippen molar-refractivity contribution in [3.05, 3.63) is 40.5 Å². The van der Waals surface area contributed by atoms with Gasteiger partial charge in [-0.1, -0.05) is 6.92 Å². The highest BCUT2D eigenvalue weighted by Gasteiger charge is 2.26. The summed E-state index contributed by atoms with van der Waals surface area (Å²) in [4.78, 5) is 17.1. The molecule has 2 aliphatic rings. The molecule has 188 valence electrons. The van der Waals surface area contributed by atoms with Gasteiger partial charge in [-0.15, -0.1) is 11.3 Å². The average molecular weight is 497 g/mol. The lowest BCUT2D eigenvalue weighted by Crippen LogP contribution is -2.38. The molecule has 7 nitrogen and oxygen atoms in total. The van der Waals surface area contributed by atoms with Gasteiger partial charge in [-0.05, 0) is 55.4 Å². The molecule has 5 rings (SSSR count). The molecule has 8 heteroatoms. The molecule has 1 saturated heterocycles. The van der Waals surface area contributed by atoms with Crippen LogP contribution in [0.25, 0.3) is 10.2 Å². The molecule has 1 atom stereocenters. The summed E-state index contributed by atoms with van der Waals surface area (Å²) < 4.78 is 16.8. The van der Waals surface area contributed by atoms with Crippen LogP contribution in [0.15, 0.2) is 24.5 Å². The molecular weight excluding hydrogens is 460 g/mol. The molecule has 1 aliphatic carbocycles. The summed E-state index contributed by atoms with van der Waals surface area (Å²) in [5.41, 5.74) is 2.57. The number of thiophene rings is 1. The first-order valence-electron chi connectivity index (χ1n) is 12.7. The molecule has 0 radical (unpaired) electrons. The van der Waals surface area contributed by atoms with Gasteiger partial charge in [-0.3, -0.25) is 4.90 Å². The van der Waals surface area contributed by atoms with E-state index in [0.717, 1.165) is 86.4 Å². The van der Waals surface area contributed by atoms with Gasteiger partial charge in [0.05, 0.1) is 32.8 Å². The third-order valence-electron chi connectivity index (χ3n) is 7.22. The Morgan fingerprint density at radius 1 is 1.17 bits per heavy atom. The van der Waals surface area contributed by atoms with Crippen LogP contribution >= 0.6 is 11.3 Å². The molecule has 0 saturated carbocycles. The second kappa shape index (κ2) is 11.1. The number of aryl methyl sites for hydroxylation is 1. The van der Waals surface area contributed by atoms with Crippen molar-refractivity contribution >= 4 is 27.4 Å². The van der Waals surface area contributed by atoms with E-state index in [1.54, 1.807) is 20.5 Å². The Morgan fingerprint density at radius 2 is 2.03 bits per heavy atom. The SMILES string of the molecule is COc1ccc(OC)c(CN(CCCN2CCOCC2)c2ncnc3sc4c(c23)CC(C)CC4)c1. The summed E-state index contributed by atoms with van der Waals surface area (Å²) in [6, 6.07) is 6.02. The predicted molar refractivity (Wildman–Crippen MR) is 141 cm³/mol. The van der Waals surface area contributed by atoms with Crippen molar-refractivity contribution in [3.8, 4) is 11.5 Å². The van der Waals surface area contributed by atoms with Gasteiger partial charge in [0.1, 0.15) is 28.5 Å². The highest BCUT2D eigenvalue weighted by atomic mass is 32.1. The lowest BCUT2D eigenvalue weighted by atomic mass is 9.88. The van der Waals surface area contributed by atoms with E-state index in [1.165, 1.54) is 22.2 Å². The second-order valence-corrected chi connectivity index (χ2v) is 10.7. The van der Waals surface area contributed by atoms with Gasteiger partial charge in [-0.2, -0.15) is 0 Å². The van der Waals surface area contributed by atoms with Gasteiger partial charge in [0.25, 0.3) is 0 Å². The second-order valence-electron chi connectivity index (χ2n) is 9.64. The average Bonchev–Trinajstić information content (AvgIpc) is 3.26. The van der Waals surface area contributed by atoms with Crippen LogP contribution in [0, 0.1) is 5.92 Å². The van der Waals surface area contributed by atoms with Gasteiger partial charge in [0, 0.05) is 43.2 Å². The third kappa shape index (κ3) is 5.39. The van der Waals surface area contributed by atoms with E-state index in [4.69, 9.17) is 24.2 Å². The molecule has 0 amide bonds. The maximum absolute atomic E-state index is 5.72. The number of fused-ring (bicyclic) bond motifs is 3. The first-order valence-corrected chi connectivity index (χ1v) is 13.5. The van der Waals surface area contributed by atoms with Crippen molar-refractivity contribution in [1.29, 1.82) is 0 Å². The third-order valence-corrected chi connectivity index (χ3v) is 8.42. The molecule has 1 aromatic carbocycles. The van der Waals surface area contributed by atoms with Crippen LogP contribution in [0.3, 0.4) is 0 Å². The fourth-order valence-corrected chi connectivity index (χ4v) is 6.46. The Labute approximate surface area is 212 Å². The molecule has 3 aromatic rings. The Hall–Kier alpha value is -2.42. The van der Waals surface area contributed by atoms with Gasteiger partial charge in [0.15, 0.2) is 0 Å². The van der Waals surface area contributed by atoms with Crippen LogP contribution in [-0.4, -0.2) is 68.5 Å². The molecule has 0 spiro atoms. The van der Waals surface area contributed by atoms with Crippen molar-refractivity contribution in [2.45, 2.75) is 39.2 Å². The molecule has 1 unspecified atom stereocenters. The minimum atomic E-state index is 0.696. The topological polar surface area (TPSA) is 60.0 Å². The highest BCUT2D eigenvalue weighted by Crippen LogP contribution is 2.41. The van der Waals surface area contributed by atoms with Crippen molar-refractivity contribution in [3.63, 3.8) is 0 Å². The minimum absolute atomic E-state index is 0.696. The van der Waals surface area contributed by atoms with Crippen LogP contribution in [0.1, 0.15) is 35.8 Å². The fraction of sp³-hybridized carbons (Fsp3) is 0.556. The molecule has 0 N–H and O–H groups in total. The van der Waals surface area contributed by atoms with Gasteiger partial charge >= 0.3 is 0 Å². The Kier molecular flexibility index (Phi) is 7.70. The highest BCUT2D eigenvalue weighted by molar-refractivity contribution is 7.19. The van der Waals surface area contributed by atoms with Gasteiger partial charge in [0.2, 0.25) is 0 Å². The number of morpholine rings is 1. The molecule has 3 heterocycles. The summed E-state index contributed by atoms with van der Waals surface area (Å²) >= 11 is 1.86. The lowest BCUT2D eigenvalue weighted by Gasteiger charge is -2.30. The summed E-state index contributed by atoms with van der Waals surface area (Å²) in [5, 5.41) is 1.26. The zero-order valence-electron chi connectivity index (χ0n) is 21.1. The van der Waals surface area contributed by atoms with Crippen LogP contribution < -0.4 is 14.4 Å². The molecule has 2 aromatic heterocycles. The maximum Gasteiger partial charge on any atom is 0.141 e. The van der Waals surface area contributed by atoms with E-state index >= 15 is 0 Å². The van der Waals surface area contributed by atoms with E-state index in [-0.39, 0.29) is 0 Å². The largest absolute Gasteiger partial charge is 0.497 e. The van der Waals surface area contributed by atoms with Crippen molar-refractivity contribution < 1.29 is 14.2 Å². The van der Waals surface area contributed by atoms with Crippen LogP contribution in [-0.2, 0) is 24.1 Å². The van der Waals surface area contributed by atoms with E-state index < -0.39 is 0 Å². The monoisotopic (exact) mass is 496 g/mol. The summed E-state index contributed by atoms with van der Waals surface area (Å²) in [7, 11) is 3.44. The zero-order chi connectivity index (χ0) is 24.2. The molecule has 1 fully saturated rings. The molecular formula is C27H36N4O3S. The van der Waals surface area contributed by atoms with E-state index in [0.29, 0.717) is 12.5 Å². The van der Waals surface area contributed by atoms with E-state index in [2.05, 4.69) is 22.8 Å². The Bertz CT molecular complexity index is 1140. The van der Waals surface area contributed by atoms with Crippen LogP contribution in [0.5, 0.6) is 11.5 Å². The number of aromatic nitrogens is 2. The van der Waals surface area contributed by atoms with Crippen molar-refractivity contribution in [2.24, 2.45) is 5.92 Å². The Balaban J connectivity index is 1.49.